The van der Waals surface area contributed by atoms with E-state index in [-0.39, 0.29) is 12.6 Å². The summed E-state index contributed by atoms with van der Waals surface area (Å²) in [6.07, 6.45) is 3.06. The van der Waals surface area contributed by atoms with Gasteiger partial charge in [-0.25, -0.2) is 4.98 Å². The minimum Gasteiger partial charge on any atom is -0.394 e. The molecule has 0 aliphatic carbocycles. The number of nitrogens with zero attached hydrogens (tertiary/aromatic N) is 2. The Hall–Kier alpha value is -1.13. The molecular formula is C14H23N3O. The maximum Gasteiger partial charge on any atom is 0.128 e. The van der Waals surface area contributed by atoms with Crippen LogP contribution in [0.3, 0.4) is 0 Å². The van der Waals surface area contributed by atoms with Gasteiger partial charge in [-0.2, -0.15) is 0 Å². The van der Waals surface area contributed by atoms with Crippen molar-refractivity contribution >= 4 is 5.82 Å². The average Bonchev–Trinajstić information content (AvgIpc) is 2.78. The second-order valence-corrected chi connectivity index (χ2v) is 5.01. The van der Waals surface area contributed by atoms with E-state index in [1.54, 1.807) is 0 Å². The highest BCUT2D eigenvalue weighted by atomic mass is 16.3. The summed E-state index contributed by atoms with van der Waals surface area (Å²) in [5, 5.41) is 12.7. The number of anilines is 1. The van der Waals surface area contributed by atoms with E-state index in [2.05, 4.69) is 41.2 Å². The molecule has 18 heavy (non-hydrogen) atoms. The third kappa shape index (κ3) is 2.82. The zero-order valence-electron chi connectivity index (χ0n) is 11.3. The highest BCUT2D eigenvalue weighted by Gasteiger charge is 2.31. The molecule has 1 aliphatic heterocycles. The molecule has 2 atom stereocenters. The summed E-state index contributed by atoms with van der Waals surface area (Å²) in [7, 11) is 0. The molecule has 0 saturated carbocycles. The van der Waals surface area contributed by atoms with E-state index in [1.165, 1.54) is 5.56 Å². The first-order valence-corrected chi connectivity index (χ1v) is 6.79. The summed E-state index contributed by atoms with van der Waals surface area (Å²) in [4.78, 5) is 6.74. The van der Waals surface area contributed by atoms with Crippen molar-refractivity contribution < 1.29 is 5.11 Å². The lowest BCUT2D eigenvalue weighted by Gasteiger charge is -2.26. The molecule has 2 rings (SSSR count). The molecule has 1 fully saturated rings. The molecule has 2 N–H and O–H groups in total. The Morgan fingerprint density at radius 3 is 2.94 bits per heavy atom. The number of hydrogen-bond acceptors (Lipinski definition) is 4. The van der Waals surface area contributed by atoms with Gasteiger partial charge in [-0.05, 0) is 30.5 Å². The second kappa shape index (κ2) is 6.16. The molecule has 0 radical (unpaired) electrons. The van der Waals surface area contributed by atoms with Crippen LogP contribution in [0.25, 0.3) is 0 Å². The van der Waals surface area contributed by atoms with Crippen molar-refractivity contribution in [3.8, 4) is 0 Å². The van der Waals surface area contributed by atoms with E-state index in [0.29, 0.717) is 5.92 Å². The molecule has 1 saturated heterocycles. The smallest absolute Gasteiger partial charge is 0.128 e. The molecule has 0 aromatic carbocycles. The maximum atomic E-state index is 9.46. The van der Waals surface area contributed by atoms with E-state index in [4.69, 9.17) is 0 Å². The highest BCUT2D eigenvalue weighted by molar-refractivity contribution is 5.42. The zero-order valence-corrected chi connectivity index (χ0v) is 11.3. The predicted molar refractivity (Wildman–Crippen MR) is 73.6 cm³/mol. The van der Waals surface area contributed by atoms with E-state index in [9.17, 15) is 5.11 Å². The fourth-order valence-corrected chi connectivity index (χ4v) is 2.53. The molecule has 4 heteroatoms. The van der Waals surface area contributed by atoms with Crippen LogP contribution in [0, 0.1) is 5.92 Å². The van der Waals surface area contributed by atoms with Gasteiger partial charge < -0.3 is 15.3 Å². The Labute approximate surface area is 109 Å². The molecule has 0 amide bonds. The topological polar surface area (TPSA) is 48.4 Å². The lowest BCUT2D eigenvalue weighted by Crippen LogP contribution is -2.35. The monoisotopic (exact) mass is 249 g/mol. The van der Waals surface area contributed by atoms with Crippen molar-refractivity contribution in [1.29, 1.82) is 0 Å². The number of nitrogens with one attached hydrogen (secondary N) is 1. The summed E-state index contributed by atoms with van der Waals surface area (Å²) in [5.74, 6) is 1.52. The van der Waals surface area contributed by atoms with Gasteiger partial charge in [0.25, 0.3) is 0 Å². The molecule has 0 spiro atoms. The number of aliphatic hydroxyl groups is 1. The minimum atomic E-state index is 0.210. The van der Waals surface area contributed by atoms with E-state index in [1.807, 2.05) is 6.20 Å². The SMILES string of the molecule is CCNCc1ccc(N2CCC(C)C2CO)nc1. The van der Waals surface area contributed by atoms with Gasteiger partial charge in [0.2, 0.25) is 0 Å². The van der Waals surface area contributed by atoms with Crippen LogP contribution in [-0.4, -0.2) is 35.8 Å². The number of aliphatic hydroxyl groups excluding tert-OH is 1. The molecule has 100 valence electrons. The quantitative estimate of drug-likeness (QED) is 0.828. The first-order valence-electron chi connectivity index (χ1n) is 6.79. The van der Waals surface area contributed by atoms with Gasteiger partial charge in [-0.3, -0.25) is 0 Å². The highest BCUT2D eigenvalue weighted by Crippen LogP contribution is 2.27. The lowest BCUT2D eigenvalue weighted by molar-refractivity contribution is 0.244. The predicted octanol–water partition coefficient (Wildman–Crippen LogP) is 1.40. The van der Waals surface area contributed by atoms with Gasteiger partial charge in [0, 0.05) is 19.3 Å². The standard InChI is InChI=1S/C14H23N3O/c1-3-15-8-12-4-5-14(16-9-12)17-7-6-11(2)13(17)10-18/h4-5,9,11,13,15,18H,3,6-8,10H2,1-2H3. The summed E-state index contributed by atoms with van der Waals surface area (Å²) in [6.45, 7) is 7.33. The number of rotatable bonds is 5. The van der Waals surface area contributed by atoms with Gasteiger partial charge in [-0.1, -0.05) is 19.9 Å². The number of hydrogen-bond donors (Lipinski definition) is 2. The van der Waals surface area contributed by atoms with Crippen molar-refractivity contribution in [2.75, 3.05) is 24.6 Å². The fraction of sp³-hybridized carbons (Fsp3) is 0.643. The molecule has 1 aliphatic rings. The molecular weight excluding hydrogens is 226 g/mol. The molecule has 1 aromatic heterocycles. The van der Waals surface area contributed by atoms with Crippen LogP contribution in [0.4, 0.5) is 5.82 Å². The third-order valence-corrected chi connectivity index (χ3v) is 3.75. The van der Waals surface area contributed by atoms with E-state index in [0.717, 1.165) is 31.9 Å². The maximum absolute atomic E-state index is 9.46. The van der Waals surface area contributed by atoms with Gasteiger partial charge in [0.05, 0.1) is 12.6 Å². The van der Waals surface area contributed by atoms with Crippen LogP contribution in [0.15, 0.2) is 18.3 Å². The zero-order chi connectivity index (χ0) is 13.0. The lowest BCUT2D eigenvalue weighted by atomic mass is 10.0. The summed E-state index contributed by atoms with van der Waals surface area (Å²) in [5.41, 5.74) is 1.20. The Balaban J connectivity index is 2.05. The Morgan fingerprint density at radius 1 is 1.50 bits per heavy atom. The minimum absolute atomic E-state index is 0.210. The van der Waals surface area contributed by atoms with E-state index >= 15 is 0 Å². The normalized spacial score (nSPS) is 23.6. The third-order valence-electron chi connectivity index (χ3n) is 3.75. The van der Waals surface area contributed by atoms with Gasteiger partial charge in [0.15, 0.2) is 0 Å². The van der Waals surface area contributed by atoms with Crippen LogP contribution >= 0.6 is 0 Å². The van der Waals surface area contributed by atoms with Crippen molar-refractivity contribution in [3.63, 3.8) is 0 Å². The number of pyridine rings is 1. The summed E-state index contributed by atoms with van der Waals surface area (Å²) in [6, 6.07) is 4.40. The Morgan fingerprint density at radius 2 is 2.33 bits per heavy atom. The first kappa shape index (κ1) is 13.3. The first-order chi connectivity index (χ1) is 8.76. The Bertz CT molecular complexity index is 366. The van der Waals surface area contributed by atoms with Crippen molar-refractivity contribution in [1.82, 2.24) is 10.3 Å². The van der Waals surface area contributed by atoms with Crippen molar-refractivity contribution in [3.05, 3.63) is 23.9 Å². The molecule has 2 heterocycles. The summed E-state index contributed by atoms with van der Waals surface area (Å²) >= 11 is 0. The average molecular weight is 249 g/mol. The van der Waals surface area contributed by atoms with Crippen LogP contribution in [-0.2, 0) is 6.54 Å². The molecule has 2 unspecified atom stereocenters. The number of aromatic nitrogens is 1. The molecule has 0 bridgehead atoms. The Kier molecular flexibility index (Phi) is 4.55. The largest absolute Gasteiger partial charge is 0.394 e. The fourth-order valence-electron chi connectivity index (χ4n) is 2.53. The second-order valence-electron chi connectivity index (χ2n) is 5.01. The van der Waals surface area contributed by atoms with Gasteiger partial charge in [0.1, 0.15) is 5.82 Å². The molecule has 1 aromatic rings. The van der Waals surface area contributed by atoms with Gasteiger partial charge >= 0.3 is 0 Å². The molecule has 4 nitrogen and oxygen atoms in total. The van der Waals surface area contributed by atoms with Crippen LogP contribution in [0.1, 0.15) is 25.8 Å². The van der Waals surface area contributed by atoms with Crippen LogP contribution in [0.5, 0.6) is 0 Å². The van der Waals surface area contributed by atoms with Crippen LogP contribution in [0.2, 0.25) is 0 Å². The van der Waals surface area contributed by atoms with Crippen molar-refractivity contribution in [2.24, 2.45) is 5.92 Å². The van der Waals surface area contributed by atoms with Gasteiger partial charge in [-0.15, -0.1) is 0 Å². The van der Waals surface area contributed by atoms with E-state index < -0.39 is 0 Å². The summed E-state index contributed by atoms with van der Waals surface area (Å²) < 4.78 is 0. The van der Waals surface area contributed by atoms with Crippen LogP contribution < -0.4 is 10.2 Å². The van der Waals surface area contributed by atoms with Crippen molar-refractivity contribution in [2.45, 2.75) is 32.9 Å².